The number of methoxy groups -OCH3 is 2. The molecule has 5 atom stereocenters. The van der Waals surface area contributed by atoms with Gasteiger partial charge in [0.25, 0.3) is 0 Å². The molecule has 3 N–H and O–H groups in total. The van der Waals surface area contributed by atoms with Crippen molar-refractivity contribution in [3.05, 3.63) is 141 Å². The molecule has 8 nitrogen and oxygen atoms in total. The minimum absolute atomic E-state index is 0.103. The van der Waals surface area contributed by atoms with Gasteiger partial charge in [0.1, 0.15) is 17.3 Å². The molecule has 0 unspecified atom stereocenters. The number of carbonyl (C=O) groups excluding carboxylic acids is 1. The van der Waals surface area contributed by atoms with Crippen molar-refractivity contribution in [3.63, 3.8) is 0 Å². The fourth-order valence-electron chi connectivity index (χ4n) is 9.21. The molecule has 3 aliphatic carbocycles. The lowest BCUT2D eigenvalue weighted by Gasteiger charge is -2.46. The van der Waals surface area contributed by atoms with Crippen LogP contribution in [0.15, 0.2) is 96.6 Å². The second-order valence-electron chi connectivity index (χ2n) is 16.7. The van der Waals surface area contributed by atoms with Crippen LogP contribution >= 0.6 is 11.6 Å². The van der Waals surface area contributed by atoms with E-state index >= 15 is 4.39 Å². The number of nitrogens with zero attached hydrogens (tertiary/aromatic N) is 1. The molecule has 4 aromatic rings. The molecule has 10 heteroatoms. The summed E-state index contributed by atoms with van der Waals surface area (Å²) in [4.78, 5) is 16.5. The molecule has 7 rings (SSSR count). The van der Waals surface area contributed by atoms with Gasteiger partial charge in [-0.3, -0.25) is 9.69 Å². The van der Waals surface area contributed by atoms with Crippen LogP contribution in [-0.2, 0) is 30.7 Å². The normalized spacial score (nSPS) is 22.7. The third-order valence-corrected chi connectivity index (χ3v) is 13.0. The highest BCUT2D eigenvalue weighted by molar-refractivity contribution is 6.31. The maximum absolute atomic E-state index is 15.1. The second kappa shape index (κ2) is 20.0. The molecule has 0 radical (unpaired) electrons. The van der Waals surface area contributed by atoms with Crippen LogP contribution in [-0.4, -0.2) is 77.7 Å². The van der Waals surface area contributed by atoms with E-state index in [0.717, 1.165) is 28.7 Å². The van der Waals surface area contributed by atoms with Gasteiger partial charge in [-0.05, 0) is 98.7 Å². The van der Waals surface area contributed by atoms with Crippen LogP contribution in [0.4, 0.5) is 4.39 Å². The van der Waals surface area contributed by atoms with E-state index in [9.17, 15) is 20.1 Å². The average molecular weight is 828 g/mol. The predicted octanol–water partition coefficient (Wildman–Crippen LogP) is 9.04. The molecule has 0 aliphatic heterocycles. The smallest absolute Gasteiger partial charge is 0.167 e. The maximum atomic E-state index is 15.1. The minimum Gasteiger partial charge on any atom is -0.497 e. The van der Waals surface area contributed by atoms with E-state index in [1.165, 1.54) is 17.7 Å². The predicted molar refractivity (Wildman–Crippen MR) is 230 cm³/mol. The van der Waals surface area contributed by atoms with Crippen LogP contribution in [0, 0.1) is 11.2 Å². The number of aliphatic hydroxyl groups is 3. The molecule has 1 saturated carbocycles. The monoisotopic (exact) mass is 827 g/mol. The van der Waals surface area contributed by atoms with E-state index in [1.807, 2.05) is 66.7 Å². The SMILES string of the molecule is COc1ccc(CN(C[C@@H](O)COCc2ccccc2)C[C@]2(O)CC[C@H]3c4ccc(cc4C(=O)Cc4c(F)cccc4Cl)C[C@@H](O)CCC(C)=CCC[C@@]32C)c(OC)c1. The lowest BCUT2D eigenvalue weighted by molar-refractivity contribution is -0.0924. The van der Waals surface area contributed by atoms with Crippen LogP contribution in [0.2, 0.25) is 5.02 Å². The first-order chi connectivity index (χ1) is 28.3. The highest BCUT2D eigenvalue weighted by Gasteiger charge is 2.57. The Labute approximate surface area is 353 Å². The van der Waals surface area contributed by atoms with Crippen molar-refractivity contribution in [2.24, 2.45) is 5.41 Å². The summed E-state index contributed by atoms with van der Waals surface area (Å²) in [5.41, 5.74) is 3.29. The Balaban J connectivity index is 1.36. The molecule has 0 spiro atoms. The first kappa shape index (κ1) is 44.5. The Hall–Kier alpha value is -4.09. The number of Topliss-reactive ketones (excluding diaryl/α,β-unsaturated/α-hetero) is 1. The molecule has 0 aromatic heterocycles. The second-order valence-corrected chi connectivity index (χ2v) is 17.2. The van der Waals surface area contributed by atoms with Crippen molar-refractivity contribution in [1.82, 2.24) is 4.90 Å². The summed E-state index contributed by atoms with van der Waals surface area (Å²) in [5, 5.41) is 35.9. The van der Waals surface area contributed by atoms with E-state index in [1.54, 1.807) is 20.3 Å². The van der Waals surface area contributed by atoms with E-state index in [4.69, 9.17) is 25.8 Å². The number of allylic oxidation sites excluding steroid dienone is 2. The Kier molecular flexibility index (Phi) is 15.1. The van der Waals surface area contributed by atoms with Gasteiger partial charge in [0.05, 0.1) is 45.2 Å². The number of rotatable bonds is 15. The third-order valence-electron chi connectivity index (χ3n) is 12.6. The number of halogens is 2. The Bertz CT molecular complexity index is 2060. The number of ketones is 1. The summed E-state index contributed by atoms with van der Waals surface area (Å²) in [5.74, 6) is 0.242. The van der Waals surface area contributed by atoms with Crippen LogP contribution in [0.3, 0.4) is 0 Å². The molecule has 4 aromatic carbocycles. The largest absolute Gasteiger partial charge is 0.497 e. The molecule has 3 aliphatic rings. The number of benzene rings is 4. The lowest BCUT2D eigenvalue weighted by atomic mass is 9.64. The highest BCUT2D eigenvalue weighted by atomic mass is 35.5. The van der Waals surface area contributed by atoms with Crippen molar-refractivity contribution in [2.45, 2.75) is 102 Å². The Morgan fingerprint density at radius 1 is 1.00 bits per heavy atom. The van der Waals surface area contributed by atoms with Gasteiger partial charge in [-0.1, -0.05) is 84.8 Å². The maximum Gasteiger partial charge on any atom is 0.167 e. The zero-order valence-corrected chi connectivity index (χ0v) is 35.5. The van der Waals surface area contributed by atoms with E-state index in [2.05, 4.69) is 24.8 Å². The summed E-state index contributed by atoms with van der Waals surface area (Å²) < 4.78 is 32.3. The number of ether oxygens (including phenoxy) is 3. The van der Waals surface area contributed by atoms with Gasteiger partial charge in [0.15, 0.2) is 5.78 Å². The highest BCUT2D eigenvalue weighted by Crippen LogP contribution is 2.59. The summed E-state index contributed by atoms with van der Waals surface area (Å²) in [6.45, 7) is 5.50. The van der Waals surface area contributed by atoms with Crippen molar-refractivity contribution < 1.29 is 38.7 Å². The van der Waals surface area contributed by atoms with Crippen LogP contribution in [0.1, 0.15) is 96.5 Å². The summed E-state index contributed by atoms with van der Waals surface area (Å²) in [6.07, 6.45) is 4.56. The number of carbonyl (C=O) groups is 1. The lowest BCUT2D eigenvalue weighted by Crippen LogP contribution is -2.53. The molecule has 0 saturated heterocycles. The van der Waals surface area contributed by atoms with Gasteiger partial charge < -0.3 is 29.5 Å². The first-order valence-corrected chi connectivity index (χ1v) is 21.1. The number of fused-ring (bicyclic) bond motifs is 8. The quantitative estimate of drug-likeness (QED) is 0.0806. The van der Waals surface area contributed by atoms with E-state index in [-0.39, 0.29) is 48.4 Å². The van der Waals surface area contributed by atoms with Crippen molar-refractivity contribution in [1.29, 1.82) is 0 Å². The Morgan fingerprint density at radius 3 is 2.54 bits per heavy atom. The van der Waals surface area contributed by atoms with Crippen LogP contribution in [0.5, 0.6) is 11.5 Å². The minimum atomic E-state index is -1.26. The van der Waals surface area contributed by atoms with Gasteiger partial charge in [0, 0.05) is 59.2 Å². The molecule has 1 fully saturated rings. The molecule has 2 bridgehead atoms. The standard InChI is InChI=1S/C49H59ClFNO7/c1-33-10-9-22-48(2)43(40-20-16-35(24-37(53)18-15-33)25-41(40)46(55)27-42-44(50)13-8-14-45(42)51)21-23-49(48,56)32-52(28-36-17-19-39(57-3)26-47(36)58-4)29-38(54)31-59-30-34-11-6-5-7-12-34/h5-8,10-14,16-17,19-20,25-26,37-38,43,53-54,56H,9,15,18,21-24,27-32H2,1-4H3/t37-,38+,43-,48-,49+/m0/s1. The average Bonchev–Trinajstić information content (AvgIpc) is 3.47. The summed E-state index contributed by atoms with van der Waals surface area (Å²) >= 11 is 6.43. The van der Waals surface area contributed by atoms with Crippen molar-refractivity contribution in [2.75, 3.05) is 33.9 Å². The van der Waals surface area contributed by atoms with Gasteiger partial charge in [-0.2, -0.15) is 0 Å². The Morgan fingerprint density at radius 2 is 1.80 bits per heavy atom. The zero-order valence-electron chi connectivity index (χ0n) is 34.8. The summed E-state index contributed by atoms with van der Waals surface area (Å²) in [7, 11) is 3.22. The van der Waals surface area contributed by atoms with E-state index in [0.29, 0.717) is 68.7 Å². The molecule has 316 valence electrons. The van der Waals surface area contributed by atoms with Gasteiger partial charge >= 0.3 is 0 Å². The zero-order chi connectivity index (χ0) is 42.2. The number of hydrogen-bond acceptors (Lipinski definition) is 8. The van der Waals surface area contributed by atoms with E-state index < -0.39 is 29.0 Å². The number of hydrogen-bond donors (Lipinski definition) is 3. The molecule has 0 amide bonds. The third kappa shape index (κ3) is 10.8. The molecule has 0 heterocycles. The summed E-state index contributed by atoms with van der Waals surface area (Å²) in [6, 6.07) is 25.7. The van der Waals surface area contributed by atoms with Crippen LogP contribution in [0.25, 0.3) is 0 Å². The van der Waals surface area contributed by atoms with Gasteiger partial charge in [0.2, 0.25) is 0 Å². The van der Waals surface area contributed by atoms with Crippen LogP contribution < -0.4 is 9.47 Å². The topological polar surface area (TPSA) is 109 Å². The molecular formula is C49H59ClFNO7. The fraction of sp³-hybridized carbons (Fsp3) is 0.449. The first-order valence-electron chi connectivity index (χ1n) is 20.7. The van der Waals surface area contributed by atoms with Gasteiger partial charge in [-0.15, -0.1) is 0 Å². The van der Waals surface area contributed by atoms with Gasteiger partial charge in [-0.25, -0.2) is 4.39 Å². The number of aliphatic hydroxyl groups excluding tert-OH is 2. The molecule has 59 heavy (non-hydrogen) atoms. The fourth-order valence-corrected chi connectivity index (χ4v) is 9.44. The molecular weight excluding hydrogens is 769 g/mol. The van der Waals surface area contributed by atoms with Crippen molar-refractivity contribution >= 4 is 17.4 Å². The van der Waals surface area contributed by atoms with Crippen molar-refractivity contribution in [3.8, 4) is 11.5 Å².